The molecule has 0 saturated carbocycles. The summed E-state index contributed by atoms with van der Waals surface area (Å²) in [5.74, 6) is -0.671. The van der Waals surface area contributed by atoms with Gasteiger partial charge in [0.05, 0.1) is 4.47 Å². The fourth-order valence-electron chi connectivity index (χ4n) is 1.80. The molecule has 0 atom stereocenters. The second-order valence-electron chi connectivity index (χ2n) is 4.31. The summed E-state index contributed by atoms with van der Waals surface area (Å²) in [6.45, 7) is 0.557. The zero-order valence-corrected chi connectivity index (χ0v) is 12.3. The van der Waals surface area contributed by atoms with Crippen LogP contribution >= 0.6 is 15.9 Å². The third-order valence-corrected chi connectivity index (χ3v) is 3.73. The Labute approximate surface area is 124 Å². The standard InChI is InChI=1S/C15H14BrF2NO/c16-15-11(2-1-3-12(15)17)9-20-14-5-4-10(6-7-19)8-13(14)18/h1-5,8H,6-7,9,19H2. The van der Waals surface area contributed by atoms with Crippen LogP contribution in [0.5, 0.6) is 5.75 Å². The monoisotopic (exact) mass is 341 g/mol. The minimum absolute atomic E-state index is 0.0888. The van der Waals surface area contributed by atoms with Gasteiger partial charge >= 0.3 is 0 Å². The lowest BCUT2D eigenvalue weighted by molar-refractivity contribution is 0.289. The SMILES string of the molecule is NCCc1ccc(OCc2cccc(F)c2Br)c(F)c1. The Morgan fingerprint density at radius 3 is 2.60 bits per heavy atom. The molecule has 0 amide bonds. The minimum Gasteiger partial charge on any atom is -0.486 e. The van der Waals surface area contributed by atoms with Crippen LogP contribution in [0.4, 0.5) is 8.78 Å². The average Bonchev–Trinajstić information content (AvgIpc) is 2.42. The van der Waals surface area contributed by atoms with Gasteiger partial charge in [0, 0.05) is 5.56 Å². The van der Waals surface area contributed by atoms with Crippen molar-refractivity contribution < 1.29 is 13.5 Å². The first-order chi connectivity index (χ1) is 9.61. The van der Waals surface area contributed by atoms with Gasteiger partial charge in [0.15, 0.2) is 11.6 Å². The molecule has 0 spiro atoms. The Balaban J connectivity index is 2.09. The van der Waals surface area contributed by atoms with E-state index in [0.29, 0.717) is 23.0 Å². The van der Waals surface area contributed by atoms with Crippen LogP contribution in [-0.2, 0) is 13.0 Å². The average molecular weight is 342 g/mol. The normalized spacial score (nSPS) is 10.6. The van der Waals surface area contributed by atoms with Crippen LogP contribution in [0.25, 0.3) is 0 Å². The Bertz CT molecular complexity index is 604. The molecule has 2 aromatic carbocycles. The van der Waals surface area contributed by atoms with Crippen molar-refractivity contribution in [3.63, 3.8) is 0 Å². The lowest BCUT2D eigenvalue weighted by Crippen LogP contribution is -2.04. The first-order valence-corrected chi connectivity index (χ1v) is 6.95. The van der Waals surface area contributed by atoms with Crippen molar-refractivity contribution in [1.29, 1.82) is 0 Å². The van der Waals surface area contributed by atoms with Crippen molar-refractivity contribution in [1.82, 2.24) is 0 Å². The molecule has 2 nitrogen and oxygen atoms in total. The molecule has 2 rings (SSSR count). The van der Waals surface area contributed by atoms with E-state index in [1.54, 1.807) is 24.3 Å². The van der Waals surface area contributed by atoms with Crippen LogP contribution in [0.1, 0.15) is 11.1 Å². The lowest BCUT2D eigenvalue weighted by atomic mass is 10.1. The van der Waals surface area contributed by atoms with E-state index < -0.39 is 5.82 Å². The van der Waals surface area contributed by atoms with E-state index >= 15 is 0 Å². The van der Waals surface area contributed by atoms with Crippen molar-refractivity contribution in [3.8, 4) is 5.75 Å². The van der Waals surface area contributed by atoms with Crippen LogP contribution in [0.15, 0.2) is 40.9 Å². The predicted molar refractivity (Wildman–Crippen MR) is 77.6 cm³/mol. The molecule has 5 heteroatoms. The molecule has 0 radical (unpaired) electrons. The molecule has 0 heterocycles. The number of hydrogen-bond acceptors (Lipinski definition) is 2. The van der Waals surface area contributed by atoms with Gasteiger partial charge in [-0.1, -0.05) is 18.2 Å². The maximum Gasteiger partial charge on any atom is 0.165 e. The predicted octanol–water partition coefficient (Wildman–Crippen LogP) is 3.81. The van der Waals surface area contributed by atoms with E-state index in [2.05, 4.69) is 15.9 Å². The number of ether oxygens (including phenoxy) is 1. The largest absolute Gasteiger partial charge is 0.486 e. The van der Waals surface area contributed by atoms with Crippen LogP contribution in [0.3, 0.4) is 0 Å². The van der Waals surface area contributed by atoms with Gasteiger partial charge in [-0.25, -0.2) is 8.78 Å². The Morgan fingerprint density at radius 2 is 1.90 bits per heavy atom. The highest BCUT2D eigenvalue weighted by Gasteiger charge is 2.08. The number of benzene rings is 2. The lowest BCUT2D eigenvalue weighted by Gasteiger charge is -2.10. The third kappa shape index (κ3) is 3.55. The maximum absolute atomic E-state index is 13.8. The van der Waals surface area contributed by atoms with Crippen LogP contribution in [-0.4, -0.2) is 6.54 Å². The molecule has 2 aromatic rings. The summed E-state index contributed by atoms with van der Waals surface area (Å²) >= 11 is 3.14. The number of rotatable bonds is 5. The summed E-state index contributed by atoms with van der Waals surface area (Å²) < 4.78 is 32.9. The molecule has 0 bridgehead atoms. The summed E-state index contributed by atoms with van der Waals surface area (Å²) in [6.07, 6.45) is 0.618. The van der Waals surface area contributed by atoms with Gasteiger partial charge in [0.2, 0.25) is 0 Å². The fourth-order valence-corrected chi connectivity index (χ4v) is 2.18. The van der Waals surface area contributed by atoms with Crippen molar-refractivity contribution in [2.45, 2.75) is 13.0 Å². The summed E-state index contributed by atoms with van der Waals surface area (Å²) in [5, 5.41) is 0. The van der Waals surface area contributed by atoms with E-state index in [4.69, 9.17) is 10.5 Å². The molecule has 0 aliphatic heterocycles. The third-order valence-electron chi connectivity index (χ3n) is 2.84. The van der Waals surface area contributed by atoms with Gasteiger partial charge in [0.1, 0.15) is 12.4 Å². The zero-order valence-electron chi connectivity index (χ0n) is 10.7. The van der Waals surface area contributed by atoms with Crippen molar-refractivity contribution in [2.75, 3.05) is 6.54 Å². The number of nitrogens with two attached hydrogens (primary N) is 1. The van der Waals surface area contributed by atoms with Crippen LogP contribution in [0, 0.1) is 11.6 Å². The van der Waals surface area contributed by atoms with Crippen LogP contribution < -0.4 is 10.5 Å². The van der Waals surface area contributed by atoms with E-state index in [0.717, 1.165) is 5.56 Å². The molecule has 2 N–H and O–H groups in total. The summed E-state index contributed by atoms with van der Waals surface area (Å²) in [6, 6.07) is 9.38. The quantitative estimate of drug-likeness (QED) is 0.897. The maximum atomic E-state index is 13.8. The molecule has 0 aliphatic carbocycles. The van der Waals surface area contributed by atoms with Crippen molar-refractivity contribution in [3.05, 3.63) is 63.6 Å². The summed E-state index contributed by atoms with van der Waals surface area (Å²) in [5.41, 5.74) is 6.86. The van der Waals surface area contributed by atoms with Gasteiger partial charge in [0.25, 0.3) is 0 Å². The molecule has 0 aromatic heterocycles. The molecule has 0 fully saturated rings. The molecule has 0 unspecified atom stereocenters. The van der Waals surface area contributed by atoms with Gasteiger partial charge in [-0.3, -0.25) is 0 Å². The molecule has 0 aliphatic rings. The second kappa shape index (κ2) is 6.81. The van der Waals surface area contributed by atoms with Gasteiger partial charge in [-0.05, 0) is 52.7 Å². The first kappa shape index (κ1) is 14.9. The van der Waals surface area contributed by atoms with E-state index in [9.17, 15) is 8.78 Å². The molecular weight excluding hydrogens is 328 g/mol. The molecule has 106 valence electrons. The van der Waals surface area contributed by atoms with Gasteiger partial charge < -0.3 is 10.5 Å². The number of hydrogen-bond donors (Lipinski definition) is 1. The van der Waals surface area contributed by atoms with Crippen molar-refractivity contribution in [2.24, 2.45) is 5.73 Å². The van der Waals surface area contributed by atoms with Crippen LogP contribution in [0.2, 0.25) is 0 Å². The van der Waals surface area contributed by atoms with E-state index in [1.165, 1.54) is 12.1 Å². The molecule has 20 heavy (non-hydrogen) atoms. The fraction of sp³-hybridized carbons (Fsp3) is 0.200. The Kier molecular flexibility index (Phi) is 5.09. The summed E-state index contributed by atoms with van der Waals surface area (Å²) in [7, 11) is 0. The zero-order chi connectivity index (χ0) is 14.5. The first-order valence-electron chi connectivity index (χ1n) is 6.16. The number of halogens is 3. The van der Waals surface area contributed by atoms with Crippen molar-refractivity contribution >= 4 is 15.9 Å². The molecule has 0 saturated heterocycles. The van der Waals surface area contributed by atoms with Gasteiger partial charge in [-0.2, -0.15) is 0 Å². The highest BCUT2D eigenvalue weighted by atomic mass is 79.9. The highest BCUT2D eigenvalue weighted by Crippen LogP contribution is 2.24. The Morgan fingerprint density at radius 1 is 1.10 bits per heavy atom. The second-order valence-corrected chi connectivity index (χ2v) is 5.10. The topological polar surface area (TPSA) is 35.2 Å². The summed E-state index contributed by atoms with van der Waals surface area (Å²) in [4.78, 5) is 0. The highest BCUT2D eigenvalue weighted by molar-refractivity contribution is 9.10. The smallest absolute Gasteiger partial charge is 0.165 e. The van der Waals surface area contributed by atoms with E-state index in [1.807, 2.05) is 0 Å². The van der Waals surface area contributed by atoms with Gasteiger partial charge in [-0.15, -0.1) is 0 Å². The molecular formula is C15H14BrF2NO. The minimum atomic E-state index is -0.441. The van der Waals surface area contributed by atoms with E-state index in [-0.39, 0.29) is 18.2 Å². The Hall–Kier alpha value is -1.46.